The van der Waals surface area contributed by atoms with Crippen LogP contribution in [0, 0.1) is 13.8 Å². The maximum Gasteiger partial charge on any atom is 0.240 e. The van der Waals surface area contributed by atoms with E-state index in [4.69, 9.17) is 4.74 Å². The quantitative estimate of drug-likeness (QED) is 0.585. The molecule has 5 heteroatoms. The number of aromatic nitrogens is 1. The van der Waals surface area contributed by atoms with Gasteiger partial charge in [0.1, 0.15) is 6.54 Å². The number of hydrogen-bond acceptors (Lipinski definition) is 3. The largest absolute Gasteiger partial charge is 0.383 e. The monoisotopic (exact) mass is 238 g/mol. The third-order valence-electron chi connectivity index (χ3n) is 2.67. The normalized spacial score (nSPS) is 10.3. The van der Waals surface area contributed by atoms with E-state index in [1.165, 1.54) is 0 Å². The van der Waals surface area contributed by atoms with Crippen LogP contribution in [0.15, 0.2) is 6.07 Å². The predicted octanol–water partition coefficient (Wildman–Crippen LogP) is 0.680. The van der Waals surface area contributed by atoms with Gasteiger partial charge < -0.3 is 14.6 Å². The number of ether oxygens (including phenoxy) is 1. The molecule has 0 fully saturated rings. The van der Waals surface area contributed by atoms with Crippen LogP contribution in [0.4, 0.5) is 0 Å². The van der Waals surface area contributed by atoms with Gasteiger partial charge in [0.25, 0.3) is 0 Å². The lowest BCUT2D eigenvalue weighted by molar-refractivity contribution is -0.121. The Bertz CT molecular complexity index is 410. The van der Waals surface area contributed by atoms with E-state index >= 15 is 0 Å². The number of amides is 1. The minimum Gasteiger partial charge on any atom is -0.383 e. The molecule has 1 amide bonds. The van der Waals surface area contributed by atoms with Crippen LogP contribution < -0.4 is 5.32 Å². The van der Waals surface area contributed by atoms with E-state index in [9.17, 15) is 9.59 Å². The second-order valence-electron chi connectivity index (χ2n) is 3.87. The van der Waals surface area contributed by atoms with Crippen molar-refractivity contribution >= 4 is 12.2 Å². The summed E-state index contributed by atoms with van der Waals surface area (Å²) in [4.78, 5) is 22.4. The van der Waals surface area contributed by atoms with Gasteiger partial charge in [-0.25, -0.2) is 0 Å². The molecule has 0 saturated carbocycles. The van der Waals surface area contributed by atoms with E-state index < -0.39 is 0 Å². The highest BCUT2D eigenvalue weighted by atomic mass is 16.5. The third-order valence-corrected chi connectivity index (χ3v) is 2.67. The molecule has 0 bridgehead atoms. The van der Waals surface area contributed by atoms with Crippen LogP contribution in [0.25, 0.3) is 0 Å². The van der Waals surface area contributed by atoms with Crippen molar-refractivity contribution < 1.29 is 14.3 Å². The van der Waals surface area contributed by atoms with Gasteiger partial charge in [-0.3, -0.25) is 9.59 Å². The summed E-state index contributed by atoms with van der Waals surface area (Å²) in [5.41, 5.74) is 2.36. The Balaban J connectivity index is 2.65. The van der Waals surface area contributed by atoms with Crippen molar-refractivity contribution in [2.24, 2.45) is 0 Å². The first-order chi connectivity index (χ1) is 8.10. The number of methoxy groups -OCH3 is 1. The second kappa shape index (κ2) is 6.20. The Hall–Kier alpha value is -1.62. The lowest BCUT2D eigenvalue weighted by Crippen LogP contribution is -2.30. The van der Waals surface area contributed by atoms with E-state index in [1.54, 1.807) is 13.2 Å². The Morgan fingerprint density at radius 3 is 2.76 bits per heavy atom. The zero-order valence-corrected chi connectivity index (χ0v) is 10.4. The van der Waals surface area contributed by atoms with Crippen molar-refractivity contribution in [2.75, 3.05) is 20.3 Å². The first-order valence-electron chi connectivity index (χ1n) is 5.47. The van der Waals surface area contributed by atoms with E-state index in [-0.39, 0.29) is 12.5 Å². The highest BCUT2D eigenvalue weighted by Gasteiger charge is 2.11. The van der Waals surface area contributed by atoms with Crippen LogP contribution in [-0.2, 0) is 16.1 Å². The van der Waals surface area contributed by atoms with Crippen LogP contribution in [-0.4, -0.2) is 37.0 Å². The zero-order valence-electron chi connectivity index (χ0n) is 10.4. The number of nitrogens with one attached hydrogen (secondary N) is 1. The maximum atomic E-state index is 11.6. The molecule has 1 aromatic heterocycles. The first-order valence-corrected chi connectivity index (χ1v) is 5.47. The highest BCUT2D eigenvalue weighted by molar-refractivity contribution is 5.79. The first kappa shape index (κ1) is 13.4. The average Bonchev–Trinajstić information content (AvgIpc) is 2.57. The Morgan fingerprint density at radius 1 is 1.53 bits per heavy atom. The van der Waals surface area contributed by atoms with Gasteiger partial charge in [-0.1, -0.05) is 0 Å². The molecule has 0 radical (unpaired) electrons. The number of aryl methyl sites for hydroxylation is 1. The van der Waals surface area contributed by atoms with Crippen molar-refractivity contribution in [3.05, 3.63) is 23.0 Å². The smallest absolute Gasteiger partial charge is 0.240 e. The van der Waals surface area contributed by atoms with Gasteiger partial charge in [-0.05, 0) is 19.9 Å². The molecular weight excluding hydrogens is 220 g/mol. The van der Waals surface area contributed by atoms with Gasteiger partial charge in [-0.15, -0.1) is 0 Å². The molecule has 1 N–H and O–H groups in total. The molecule has 1 aromatic rings. The van der Waals surface area contributed by atoms with Gasteiger partial charge >= 0.3 is 0 Å². The summed E-state index contributed by atoms with van der Waals surface area (Å²) in [5.74, 6) is -0.0821. The van der Waals surface area contributed by atoms with Crippen molar-refractivity contribution in [3.63, 3.8) is 0 Å². The SMILES string of the molecule is COCCNC(=O)Cn1c(C)cc(C=O)c1C. The molecule has 0 aliphatic carbocycles. The highest BCUT2D eigenvalue weighted by Crippen LogP contribution is 2.12. The summed E-state index contributed by atoms with van der Waals surface area (Å²) in [6.07, 6.45) is 0.807. The van der Waals surface area contributed by atoms with E-state index in [0.717, 1.165) is 17.7 Å². The van der Waals surface area contributed by atoms with Gasteiger partial charge in [0.05, 0.1) is 6.61 Å². The van der Waals surface area contributed by atoms with E-state index in [1.807, 2.05) is 18.4 Å². The second-order valence-corrected chi connectivity index (χ2v) is 3.87. The van der Waals surface area contributed by atoms with Crippen molar-refractivity contribution in [1.82, 2.24) is 9.88 Å². The summed E-state index contributed by atoms with van der Waals surface area (Å²) in [6.45, 7) is 4.93. The van der Waals surface area contributed by atoms with Crippen LogP contribution in [0.5, 0.6) is 0 Å². The average molecular weight is 238 g/mol. The van der Waals surface area contributed by atoms with E-state index in [0.29, 0.717) is 18.7 Å². The minimum absolute atomic E-state index is 0.0821. The van der Waals surface area contributed by atoms with Crippen molar-refractivity contribution in [2.45, 2.75) is 20.4 Å². The fourth-order valence-corrected chi connectivity index (χ4v) is 1.68. The summed E-state index contributed by atoms with van der Waals surface area (Å²) in [6, 6.07) is 1.78. The summed E-state index contributed by atoms with van der Waals surface area (Å²) >= 11 is 0. The summed E-state index contributed by atoms with van der Waals surface area (Å²) < 4.78 is 6.67. The Kier molecular flexibility index (Phi) is 4.90. The number of aldehydes is 1. The number of carbonyl (C=O) groups is 2. The molecular formula is C12H18N2O3. The number of nitrogens with zero attached hydrogens (tertiary/aromatic N) is 1. The number of hydrogen-bond donors (Lipinski definition) is 1. The molecule has 1 heterocycles. The standard InChI is InChI=1S/C12H18N2O3/c1-9-6-11(8-15)10(2)14(9)7-12(16)13-4-5-17-3/h6,8H,4-5,7H2,1-3H3,(H,13,16). The Morgan fingerprint density at radius 2 is 2.24 bits per heavy atom. The molecule has 0 saturated heterocycles. The van der Waals surface area contributed by atoms with Crippen molar-refractivity contribution in [1.29, 1.82) is 0 Å². The van der Waals surface area contributed by atoms with Crippen LogP contribution in [0.1, 0.15) is 21.7 Å². The van der Waals surface area contributed by atoms with Gasteiger partial charge in [0, 0.05) is 30.6 Å². The molecule has 0 unspecified atom stereocenters. The van der Waals surface area contributed by atoms with Crippen LogP contribution in [0.3, 0.4) is 0 Å². The molecule has 0 atom stereocenters. The third kappa shape index (κ3) is 3.42. The van der Waals surface area contributed by atoms with Gasteiger partial charge in [0.15, 0.2) is 6.29 Å². The topological polar surface area (TPSA) is 60.3 Å². The fourth-order valence-electron chi connectivity index (χ4n) is 1.68. The molecule has 1 rings (SSSR count). The predicted molar refractivity (Wildman–Crippen MR) is 64.2 cm³/mol. The minimum atomic E-state index is -0.0821. The molecule has 0 aliphatic heterocycles. The fraction of sp³-hybridized carbons (Fsp3) is 0.500. The van der Waals surface area contributed by atoms with Gasteiger partial charge in [-0.2, -0.15) is 0 Å². The molecule has 0 aliphatic rings. The number of carbonyl (C=O) groups excluding carboxylic acids is 2. The lowest BCUT2D eigenvalue weighted by atomic mass is 10.3. The molecule has 5 nitrogen and oxygen atoms in total. The van der Waals surface area contributed by atoms with E-state index in [2.05, 4.69) is 5.32 Å². The molecule has 17 heavy (non-hydrogen) atoms. The molecule has 94 valence electrons. The summed E-state index contributed by atoms with van der Waals surface area (Å²) in [5, 5.41) is 2.74. The Labute approximate surface area is 101 Å². The summed E-state index contributed by atoms with van der Waals surface area (Å²) in [7, 11) is 1.59. The zero-order chi connectivity index (χ0) is 12.8. The van der Waals surface area contributed by atoms with Crippen LogP contribution in [0.2, 0.25) is 0 Å². The molecule has 0 spiro atoms. The number of rotatable bonds is 6. The molecule has 0 aromatic carbocycles. The van der Waals surface area contributed by atoms with Crippen LogP contribution >= 0.6 is 0 Å². The van der Waals surface area contributed by atoms with Gasteiger partial charge in [0.2, 0.25) is 5.91 Å². The lowest BCUT2D eigenvalue weighted by Gasteiger charge is -2.09. The van der Waals surface area contributed by atoms with Crippen molar-refractivity contribution in [3.8, 4) is 0 Å². The maximum absolute atomic E-state index is 11.6.